The van der Waals surface area contributed by atoms with Gasteiger partial charge < -0.3 is 10.1 Å². The molecule has 5 heteroatoms. The molecule has 132 valence electrons. The normalized spacial score (nSPS) is 23.4. The van der Waals surface area contributed by atoms with Crippen LogP contribution in [0, 0.1) is 5.41 Å². The highest BCUT2D eigenvalue weighted by atomic mass is 35.5. The highest BCUT2D eigenvalue weighted by Gasteiger charge is 2.40. The van der Waals surface area contributed by atoms with Gasteiger partial charge in [-0.2, -0.15) is 0 Å². The van der Waals surface area contributed by atoms with Gasteiger partial charge in [-0.25, -0.2) is 0 Å². The molecule has 3 heterocycles. The van der Waals surface area contributed by atoms with E-state index in [1.165, 1.54) is 18.4 Å². The summed E-state index contributed by atoms with van der Waals surface area (Å²) >= 11 is 6.25. The molecule has 1 spiro atoms. The lowest BCUT2D eigenvalue weighted by molar-refractivity contribution is 0.258. The molecular weight excluding hydrogens is 334 g/mol. The zero-order chi connectivity index (χ0) is 17.1. The third kappa shape index (κ3) is 3.97. The van der Waals surface area contributed by atoms with Crippen molar-refractivity contribution in [3.8, 4) is 5.75 Å². The molecule has 1 aromatic carbocycles. The molecule has 4 nitrogen and oxygen atoms in total. The van der Waals surface area contributed by atoms with Gasteiger partial charge in [-0.3, -0.25) is 9.88 Å². The molecule has 2 saturated heterocycles. The van der Waals surface area contributed by atoms with Gasteiger partial charge in [-0.05, 0) is 55.6 Å². The third-order valence-corrected chi connectivity index (χ3v) is 5.62. The summed E-state index contributed by atoms with van der Waals surface area (Å²) in [7, 11) is 0. The molecule has 4 rings (SSSR count). The number of halogens is 1. The summed E-state index contributed by atoms with van der Waals surface area (Å²) in [6.07, 6.45) is 6.20. The number of benzene rings is 1. The molecule has 0 aliphatic carbocycles. The molecule has 1 N–H and O–H groups in total. The molecule has 2 fully saturated rings. The monoisotopic (exact) mass is 357 g/mol. The highest BCUT2D eigenvalue weighted by molar-refractivity contribution is 6.30. The van der Waals surface area contributed by atoms with Gasteiger partial charge in [0.1, 0.15) is 12.4 Å². The Morgan fingerprint density at radius 1 is 1.28 bits per heavy atom. The van der Waals surface area contributed by atoms with Crippen molar-refractivity contribution in [3.63, 3.8) is 0 Å². The second-order valence-corrected chi connectivity index (χ2v) is 7.73. The standard InChI is InChI=1S/C20H24ClN3O/c21-18-3-4-19(25-13-16-2-1-7-22-11-16)17(10-18)12-24-9-6-20(15-24)5-8-23-14-20/h1-4,7,10-11,23H,5-6,8-9,12-15H2. The van der Waals surface area contributed by atoms with Crippen molar-refractivity contribution >= 4 is 11.6 Å². The van der Waals surface area contributed by atoms with E-state index in [0.29, 0.717) is 12.0 Å². The first-order chi connectivity index (χ1) is 12.2. The molecular formula is C20H24ClN3O. The van der Waals surface area contributed by atoms with E-state index in [2.05, 4.69) is 15.2 Å². The number of nitrogens with zero attached hydrogens (tertiary/aromatic N) is 2. The average molecular weight is 358 g/mol. The van der Waals surface area contributed by atoms with Gasteiger partial charge in [0.2, 0.25) is 0 Å². The van der Waals surface area contributed by atoms with E-state index in [1.807, 2.05) is 36.5 Å². The number of ether oxygens (including phenoxy) is 1. The highest BCUT2D eigenvalue weighted by Crippen LogP contribution is 2.37. The maximum Gasteiger partial charge on any atom is 0.124 e. The van der Waals surface area contributed by atoms with Crippen LogP contribution in [0.4, 0.5) is 0 Å². The van der Waals surface area contributed by atoms with Crippen molar-refractivity contribution in [2.75, 3.05) is 26.2 Å². The zero-order valence-electron chi connectivity index (χ0n) is 14.4. The Morgan fingerprint density at radius 3 is 3.04 bits per heavy atom. The summed E-state index contributed by atoms with van der Waals surface area (Å²) in [6, 6.07) is 9.88. The summed E-state index contributed by atoms with van der Waals surface area (Å²) < 4.78 is 6.07. The predicted octanol–water partition coefficient (Wildman–Crippen LogP) is 3.50. The van der Waals surface area contributed by atoms with Gasteiger partial charge in [0.05, 0.1) is 0 Å². The van der Waals surface area contributed by atoms with Crippen molar-refractivity contribution in [2.24, 2.45) is 5.41 Å². The molecule has 2 aliphatic heterocycles. The fourth-order valence-electron chi connectivity index (χ4n) is 4.00. The van der Waals surface area contributed by atoms with Gasteiger partial charge in [-0.1, -0.05) is 17.7 Å². The summed E-state index contributed by atoms with van der Waals surface area (Å²) in [5, 5.41) is 4.28. The Labute approximate surface area is 154 Å². The van der Waals surface area contributed by atoms with E-state index < -0.39 is 0 Å². The van der Waals surface area contributed by atoms with Crippen LogP contribution in [-0.4, -0.2) is 36.1 Å². The first kappa shape index (κ1) is 16.8. The zero-order valence-corrected chi connectivity index (χ0v) is 15.1. The minimum absolute atomic E-state index is 0.481. The molecule has 1 aromatic heterocycles. The number of nitrogens with one attached hydrogen (secondary N) is 1. The molecule has 1 unspecified atom stereocenters. The van der Waals surface area contributed by atoms with Gasteiger partial charge in [0.15, 0.2) is 0 Å². The van der Waals surface area contributed by atoms with Crippen LogP contribution in [0.3, 0.4) is 0 Å². The smallest absolute Gasteiger partial charge is 0.124 e. The average Bonchev–Trinajstić information content (AvgIpc) is 3.25. The molecule has 0 bridgehead atoms. The van der Waals surface area contributed by atoms with Crippen LogP contribution < -0.4 is 10.1 Å². The topological polar surface area (TPSA) is 37.4 Å². The molecule has 25 heavy (non-hydrogen) atoms. The third-order valence-electron chi connectivity index (χ3n) is 5.38. The maximum absolute atomic E-state index is 6.25. The fourth-order valence-corrected chi connectivity index (χ4v) is 4.20. The van der Waals surface area contributed by atoms with E-state index >= 15 is 0 Å². The minimum Gasteiger partial charge on any atom is -0.489 e. The molecule has 1 atom stereocenters. The number of hydrogen-bond acceptors (Lipinski definition) is 4. The van der Waals surface area contributed by atoms with Crippen LogP contribution in [0.5, 0.6) is 5.75 Å². The van der Waals surface area contributed by atoms with Crippen LogP contribution in [0.2, 0.25) is 5.02 Å². The molecule has 2 aliphatic rings. The first-order valence-corrected chi connectivity index (χ1v) is 9.34. The molecule has 0 saturated carbocycles. The SMILES string of the molecule is Clc1ccc(OCc2cccnc2)c(CN2CCC3(CCNC3)C2)c1. The Bertz CT molecular complexity index is 716. The fraction of sp³-hybridized carbons (Fsp3) is 0.450. The summed E-state index contributed by atoms with van der Waals surface area (Å²) in [6.45, 7) is 6.04. The van der Waals surface area contributed by atoms with E-state index in [1.54, 1.807) is 6.20 Å². The summed E-state index contributed by atoms with van der Waals surface area (Å²) in [5.41, 5.74) is 2.72. The maximum atomic E-state index is 6.25. The number of aromatic nitrogens is 1. The lowest BCUT2D eigenvalue weighted by atomic mass is 9.86. The Morgan fingerprint density at radius 2 is 2.24 bits per heavy atom. The number of hydrogen-bond donors (Lipinski definition) is 1. The molecule has 0 radical (unpaired) electrons. The second kappa shape index (κ2) is 7.32. The van der Waals surface area contributed by atoms with Crippen molar-refractivity contribution in [2.45, 2.75) is 26.0 Å². The number of rotatable bonds is 5. The van der Waals surface area contributed by atoms with E-state index in [-0.39, 0.29) is 0 Å². The van der Waals surface area contributed by atoms with Crippen LogP contribution in [0.15, 0.2) is 42.7 Å². The predicted molar refractivity (Wildman–Crippen MR) is 99.8 cm³/mol. The Balaban J connectivity index is 1.44. The van der Waals surface area contributed by atoms with Gasteiger partial charge in [0.25, 0.3) is 0 Å². The Kier molecular flexibility index (Phi) is 4.93. The van der Waals surface area contributed by atoms with E-state index in [0.717, 1.165) is 49.1 Å². The number of pyridine rings is 1. The molecule has 0 amide bonds. The van der Waals surface area contributed by atoms with Crippen LogP contribution in [0.25, 0.3) is 0 Å². The second-order valence-electron chi connectivity index (χ2n) is 7.29. The molecule has 2 aromatic rings. The number of likely N-dealkylation sites (tertiary alicyclic amines) is 1. The summed E-state index contributed by atoms with van der Waals surface area (Å²) in [4.78, 5) is 6.68. The van der Waals surface area contributed by atoms with Gasteiger partial charge in [-0.15, -0.1) is 0 Å². The minimum atomic E-state index is 0.481. The Hall–Kier alpha value is -1.62. The van der Waals surface area contributed by atoms with Crippen LogP contribution >= 0.6 is 11.6 Å². The van der Waals surface area contributed by atoms with Gasteiger partial charge >= 0.3 is 0 Å². The van der Waals surface area contributed by atoms with Crippen LogP contribution in [0.1, 0.15) is 24.0 Å². The van der Waals surface area contributed by atoms with E-state index in [9.17, 15) is 0 Å². The van der Waals surface area contributed by atoms with E-state index in [4.69, 9.17) is 16.3 Å². The summed E-state index contributed by atoms with van der Waals surface area (Å²) in [5.74, 6) is 0.916. The van der Waals surface area contributed by atoms with Crippen LogP contribution in [-0.2, 0) is 13.2 Å². The van der Waals surface area contributed by atoms with Crippen molar-refractivity contribution in [1.29, 1.82) is 0 Å². The first-order valence-electron chi connectivity index (χ1n) is 8.96. The lowest BCUT2D eigenvalue weighted by Gasteiger charge is -2.23. The van der Waals surface area contributed by atoms with Crippen molar-refractivity contribution in [3.05, 3.63) is 58.9 Å². The largest absolute Gasteiger partial charge is 0.489 e. The lowest BCUT2D eigenvalue weighted by Crippen LogP contribution is -2.29. The quantitative estimate of drug-likeness (QED) is 0.888. The van der Waals surface area contributed by atoms with Gasteiger partial charge in [0, 0.05) is 48.2 Å². The van der Waals surface area contributed by atoms with Crippen molar-refractivity contribution in [1.82, 2.24) is 15.2 Å². The van der Waals surface area contributed by atoms with Crippen molar-refractivity contribution < 1.29 is 4.74 Å².